The van der Waals surface area contributed by atoms with Crippen LogP contribution in [0.2, 0.25) is 0 Å². The first-order chi connectivity index (χ1) is 22.7. The minimum atomic E-state index is -0.970. The standard InChI is InChI=1S/C37H44F2N4O5/c1-22-10-7-8-15-46-37(6)13-14-42(31(20-37)48-36(3,4)5)34-27(19-32(44)45)23(2)40-35-41-29(21-43(34)35)24-11-9-12-25(16-24)33-28(39)17-26(38)18-30(33)47-22/h9,11-12,16-18,21-22,31H,7-8,10,13-15,19-20H2,1-6H3,(H,44,45). The fraction of sp³-hybridized carbons (Fsp3) is 0.486. The SMILES string of the molecule is Cc1nc2nc3cn2c(c1CC(=O)O)N1CCC(C)(CC1OC(C)(C)C)OCCCCC(C)Oc1cc(F)cc(F)c1-c1cccc-3c1. The molecule has 0 spiro atoms. The lowest BCUT2D eigenvalue weighted by atomic mass is 9.91. The fourth-order valence-corrected chi connectivity index (χ4v) is 6.79. The molecule has 0 amide bonds. The summed E-state index contributed by atoms with van der Waals surface area (Å²) in [7, 11) is 0. The monoisotopic (exact) mass is 662 g/mol. The van der Waals surface area contributed by atoms with Crippen LogP contribution >= 0.6 is 0 Å². The van der Waals surface area contributed by atoms with Crippen molar-refractivity contribution >= 4 is 17.6 Å². The number of anilines is 1. The Morgan fingerprint density at radius 1 is 1.15 bits per heavy atom. The van der Waals surface area contributed by atoms with Crippen LogP contribution in [0, 0.1) is 18.6 Å². The lowest BCUT2D eigenvalue weighted by Crippen LogP contribution is -2.54. The van der Waals surface area contributed by atoms with E-state index in [-0.39, 0.29) is 23.8 Å². The number of halogens is 2. The van der Waals surface area contributed by atoms with Crippen molar-refractivity contribution in [3.63, 3.8) is 0 Å². The van der Waals surface area contributed by atoms with Crippen LogP contribution in [-0.4, -0.2) is 62.1 Å². The first-order valence-electron chi connectivity index (χ1n) is 16.6. The number of aromatic nitrogens is 3. The number of benzene rings is 2. The van der Waals surface area contributed by atoms with Gasteiger partial charge >= 0.3 is 5.97 Å². The van der Waals surface area contributed by atoms with Crippen LogP contribution in [-0.2, 0) is 20.7 Å². The second kappa shape index (κ2) is 13.1. The molecule has 1 N–H and O–H groups in total. The summed E-state index contributed by atoms with van der Waals surface area (Å²) in [5.41, 5.74) is 2.09. The molecule has 256 valence electrons. The first-order valence-corrected chi connectivity index (χ1v) is 16.6. The molecule has 3 atom stereocenters. The van der Waals surface area contributed by atoms with E-state index in [9.17, 15) is 14.3 Å². The fourth-order valence-electron chi connectivity index (χ4n) is 6.79. The Morgan fingerprint density at radius 2 is 1.92 bits per heavy atom. The summed E-state index contributed by atoms with van der Waals surface area (Å²) in [4.78, 5) is 23.9. The number of nitrogens with zero attached hydrogens (tertiary/aromatic N) is 4. The molecule has 9 nitrogen and oxygen atoms in total. The third kappa shape index (κ3) is 7.17. The van der Waals surface area contributed by atoms with Gasteiger partial charge in [-0.15, -0.1) is 0 Å². The molecule has 1 saturated heterocycles. The average Bonchev–Trinajstić information content (AvgIpc) is 3.40. The highest BCUT2D eigenvalue weighted by atomic mass is 19.1. The summed E-state index contributed by atoms with van der Waals surface area (Å²) >= 11 is 0. The molecule has 1 fully saturated rings. The topological polar surface area (TPSA) is 98.4 Å². The quantitative estimate of drug-likeness (QED) is 0.238. The van der Waals surface area contributed by atoms with Crippen molar-refractivity contribution < 1.29 is 32.9 Å². The molecule has 0 radical (unpaired) electrons. The van der Waals surface area contributed by atoms with Crippen molar-refractivity contribution in [2.45, 2.75) is 104 Å². The molecule has 2 aromatic heterocycles. The van der Waals surface area contributed by atoms with Gasteiger partial charge in [-0.05, 0) is 78.9 Å². The zero-order valence-corrected chi connectivity index (χ0v) is 28.5. The summed E-state index contributed by atoms with van der Waals surface area (Å²) < 4.78 is 51.2. The third-order valence-corrected chi connectivity index (χ3v) is 9.06. The van der Waals surface area contributed by atoms with Crippen LogP contribution in [0.3, 0.4) is 0 Å². The number of hydrogen-bond donors (Lipinski definition) is 1. The van der Waals surface area contributed by atoms with Crippen molar-refractivity contribution in [2.75, 3.05) is 18.1 Å². The molecule has 3 aliphatic heterocycles. The molecule has 0 saturated carbocycles. The van der Waals surface area contributed by atoms with Gasteiger partial charge < -0.3 is 24.2 Å². The maximum atomic E-state index is 15.5. The van der Waals surface area contributed by atoms with Crippen molar-refractivity contribution in [2.24, 2.45) is 0 Å². The molecule has 4 aromatic rings. The Morgan fingerprint density at radius 3 is 2.67 bits per heavy atom. The molecular weight excluding hydrogens is 618 g/mol. The lowest BCUT2D eigenvalue weighted by molar-refractivity contribution is -0.136. The van der Waals surface area contributed by atoms with Crippen LogP contribution in [0.5, 0.6) is 5.75 Å². The highest BCUT2D eigenvalue weighted by molar-refractivity contribution is 5.78. The Balaban J connectivity index is 1.56. The summed E-state index contributed by atoms with van der Waals surface area (Å²) in [5, 5.41) is 9.98. The molecule has 6 bridgehead atoms. The number of carboxylic acids is 1. The van der Waals surface area contributed by atoms with Crippen LogP contribution in [0.4, 0.5) is 14.6 Å². The largest absolute Gasteiger partial charge is 0.490 e. The van der Waals surface area contributed by atoms with Gasteiger partial charge in [-0.2, -0.15) is 0 Å². The van der Waals surface area contributed by atoms with E-state index in [1.807, 2.05) is 44.4 Å². The molecule has 0 aliphatic carbocycles. The van der Waals surface area contributed by atoms with E-state index in [1.54, 1.807) is 25.1 Å². The first kappa shape index (κ1) is 33.8. The maximum Gasteiger partial charge on any atom is 0.308 e. The van der Waals surface area contributed by atoms with Gasteiger partial charge in [0.05, 0.1) is 35.0 Å². The minimum absolute atomic E-state index is 0.137. The van der Waals surface area contributed by atoms with Crippen LogP contribution < -0.4 is 9.64 Å². The van der Waals surface area contributed by atoms with Gasteiger partial charge in [-0.25, -0.2) is 18.7 Å². The number of hydrogen-bond acceptors (Lipinski definition) is 7. The summed E-state index contributed by atoms with van der Waals surface area (Å²) in [6.07, 6.45) is 4.43. The van der Waals surface area contributed by atoms with Gasteiger partial charge in [0.2, 0.25) is 5.78 Å². The van der Waals surface area contributed by atoms with E-state index >= 15 is 4.39 Å². The average molecular weight is 663 g/mol. The van der Waals surface area contributed by atoms with Gasteiger partial charge in [0.1, 0.15) is 29.4 Å². The highest BCUT2D eigenvalue weighted by Crippen LogP contribution is 2.40. The summed E-state index contributed by atoms with van der Waals surface area (Å²) in [6.45, 7) is 12.9. The van der Waals surface area contributed by atoms with Crippen LogP contribution in [0.15, 0.2) is 42.6 Å². The molecule has 48 heavy (non-hydrogen) atoms. The number of imidazole rings is 1. The van der Waals surface area contributed by atoms with Gasteiger partial charge in [-0.3, -0.25) is 9.20 Å². The number of carboxylic acid groups (broad SMARTS) is 1. The number of piperidine rings is 1. The highest BCUT2D eigenvalue weighted by Gasteiger charge is 2.41. The van der Waals surface area contributed by atoms with Gasteiger partial charge in [0, 0.05) is 54.7 Å². The second-order valence-corrected chi connectivity index (χ2v) is 14.3. The zero-order chi connectivity index (χ0) is 34.4. The third-order valence-electron chi connectivity index (χ3n) is 9.06. The van der Waals surface area contributed by atoms with Crippen molar-refractivity contribution in [1.82, 2.24) is 14.4 Å². The number of aliphatic carboxylic acids is 1. The number of fused-ring (bicyclic) bond motifs is 8. The predicted molar refractivity (Wildman–Crippen MR) is 179 cm³/mol. The van der Waals surface area contributed by atoms with Gasteiger partial charge in [0.25, 0.3) is 0 Å². The maximum absolute atomic E-state index is 15.5. The molecule has 5 heterocycles. The van der Waals surface area contributed by atoms with Gasteiger partial charge in [-0.1, -0.05) is 18.2 Å². The molecule has 3 unspecified atom stereocenters. The van der Waals surface area contributed by atoms with Gasteiger partial charge in [0.15, 0.2) is 0 Å². The molecule has 3 aliphatic rings. The van der Waals surface area contributed by atoms with Crippen molar-refractivity contribution in [3.05, 3.63) is 65.5 Å². The van der Waals surface area contributed by atoms with Crippen LogP contribution in [0.1, 0.15) is 78.0 Å². The molecule has 2 aromatic carbocycles. The molecule has 11 heteroatoms. The minimum Gasteiger partial charge on any atom is -0.490 e. The second-order valence-electron chi connectivity index (χ2n) is 14.3. The van der Waals surface area contributed by atoms with E-state index in [0.717, 1.165) is 18.9 Å². The Labute approximate surface area is 279 Å². The van der Waals surface area contributed by atoms with E-state index in [1.165, 1.54) is 6.07 Å². The normalized spacial score (nSPS) is 22.0. The van der Waals surface area contributed by atoms with E-state index in [4.69, 9.17) is 24.2 Å². The van der Waals surface area contributed by atoms with E-state index in [0.29, 0.717) is 72.1 Å². The number of ether oxygens (including phenoxy) is 3. The predicted octanol–water partition coefficient (Wildman–Crippen LogP) is 7.74. The van der Waals surface area contributed by atoms with Crippen molar-refractivity contribution in [1.29, 1.82) is 0 Å². The summed E-state index contributed by atoms with van der Waals surface area (Å²) in [6, 6.07) is 9.31. The Kier molecular flexibility index (Phi) is 9.21. The summed E-state index contributed by atoms with van der Waals surface area (Å²) in [5.74, 6) is -1.21. The number of carbonyl (C=O) groups is 1. The van der Waals surface area contributed by atoms with Crippen molar-refractivity contribution in [3.8, 4) is 28.1 Å². The number of rotatable bonds is 3. The Bertz CT molecular complexity index is 1840. The van der Waals surface area contributed by atoms with E-state index < -0.39 is 35.0 Å². The molecule has 7 rings (SSSR count). The van der Waals surface area contributed by atoms with Crippen LogP contribution in [0.25, 0.3) is 28.2 Å². The smallest absolute Gasteiger partial charge is 0.308 e. The lowest BCUT2D eigenvalue weighted by Gasteiger charge is -2.47. The zero-order valence-electron chi connectivity index (χ0n) is 28.5. The molecular formula is C37H44F2N4O5. The number of aryl methyl sites for hydroxylation is 1. The Hall–Kier alpha value is -4.09. The van der Waals surface area contributed by atoms with E-state index in [2.05, 4.69) is 11.8 Å².